The zero-order chi connectivity index (χ0) is 16.1. The predicted molar refractivity (Wildman–Crippen MR) is 92.0 cm³/mol. The van der Waals surface area contributed by atoms with Crippen LogP contribution in [0.15, 0.2) is 78.9 Å². The van der Waals surface area contributed by atoms with Gasteiger partial charge in [0.25, 0.3) is 0 Å². The van der Waals surface area contributed by atoms with E-state index in [0.29, 0.717) is 6.42 Å². The van der Waals surface area contributed by atoms with Crippen LogP contribution in [-0.2, 0) is 11.8 Å². The lowest BCUT2D eigenvalue weighted by molar-refractivity contribution is 0.640. The summed E-state index contributed by atoms with van der Waals surface area (Å²) in [5.74, 6) is 0. The average Bonchev–Trinajstić information content (AvgIpc) is 2.61. The molecule has 0 bridgehead atoms. The summed E-state index contributed by atoms with van der Waals surface area (Å²) in [4.78, 5) is 4.61. The Bertz CT molecular complexity index is 778. The first-order valence-corrected chi connectivity index (χ1v) is 7.69. The van der Waals surface area contributed by atoms with E-state index >= 15 is 0 Å². The van der Waals surface area contributed by atoms with Gasteiger partial charge in [0, 0.05) is 17.8 Å². The summed E-state index contributed by atoms with van der Waals surface area (Å²) < 4.78 is 0. The number of aryl methyl sites for hydroxylation is 1. The fourth-order valence-electron chi connectivity index (χ4n) is 2.95. The van der Waals surface area contributed by atoms with Gasteiger partial charge in [0.2, 0.25) is 0 Å². The van der Waals surface area contributed by atoms with Gasteiger partial charge in [-0.15, -0.1) is 0 Å². The van der Waals surface area contributed by atoms with E-state index in [1.807, 2.05) is 85.8 Å². The highest BCUT2D eigenvalue weighted by Crippen LogP contribution is 2.35. The van der Waals surface area contributed by atoms with Gasteiger partial charge in [-0.1, -0.05) is 66.7 Å². The molecule has 0 spiro atoms. The molecule has 0 N–H and O–H groups in total. The van der Waals surface area contributed by atoms with Crippen molar-refractivity contribution in [1.82, 2.24) is 4.98 Å². The Hall–Kier alpha value is -2.92. The van der Waals surface area contributed by atoms with Gasteiger partial charge in [0.05, 0.1) is 6.07 Å². The summed E-state index contributed by atoms with van der Waals surface area (Å²) in [5.41, 5.74) is 3.16. The fourth-order valence-corrected chi connectivity index (χ4v) is 2.95. The Morgan fingerprint density at radius 3 is 1.87 bits per heavy atom. The van der Waals surface area contributed by atoms with E-state index in [-0.39, 0.29) is 0 Å². The second-order valence-electron chi connectivity index (χ2n) is 5.70. The van der Waals surface area contributed by atoms with Gasteiger partial charge in [-0.2, -0.15) is 5.26 Å². The number of aromatic nitrogens is 1. The van der Waals surface area contributed by atoms with Gasteiger partial charge in [-0.25, -0.2) is 0 Å². The highest BCUT2D eigenvalue weighted by molar-refractivity contribution is 5.47. The minimum Gasteiger partial charge on any atom is -0.258 e. The van der Waals surface area contributed by atoms with Crippen molar-refractivity contribution in [3.8, 4) is 6.07 Å². The summed E-state index contributed by atoms with van der Waals surface area (Å²) in [6.07, 6.45) is 0.555. The molecule has 3 aromatic rings. The molecule has 112 valence electrons. The summed E-state index contributed by atoms with van der Waals surface area (Å²) >= 11 is 0. The van der Waals surface area contributed by atoms with Crippen molar-refractivity contribution in [3.63, 3.8) is 0 Å². The predicted octanol–water partition coefficient (Wildman–Crippen LogP) is 4.44. The molecule has 0 aliphatic carbocycles. The first-order chi connectivity index (χ1) is 11.2. The van der Waals surface area contributed by atoms with Crippen molar-refractivity contribution in [3.05, 3.63) is 101 Å². The van der Waals surface area contributed by atoms with E-state index in [1.54, 1.807) is 0 Å². The summed E-state index contributed by atoms with van der Waals surface area (Å²) in [6.45, 7) is 1.97. The smallest absolute Gasteiger partial charge is 0.113 e. The molecular formula is C21H18N2. The van der Waals surface area contributed by atoms with E-state index in [4.69, 9.17) is 0 Å². The van der Waals surface area contributed by atoms with Crippen molar-refractivity contribution in [2.45, 2.75) is 18.8 Å². The third-order valence-electron chi connectivity index (χ3n) is 4.12. The number of rotatable bonds is 4. The molecule has 0 unspecified atom stereocenters. The Kier molecular flexibility index (Phi) is 4.21. The molecule has 2 heteroatoms. The van der Waals surface area contributed by atoms with Crippen molar-refractivity contribution in [1.29, 1.82) is 5.26 Å². The molecule has 23 heavy (non-hydrogen) atoms. The summed E-state index contributed by atoms with van der Waals surface area (Å²) in [6, 6.07) is 28.5. The minimum atomic E-state index is -0.733. The molecule has 0 atom stereocenters. The maximum Gasteiger partial charge on any atom is 0.113 e. The van der Waals surface area contributed by atoms with Crippen molar-refractivity contribution in [2.75, 3.05) is 0 Å². The van der Waals surface area contributed by atoms with Crippen molar-refractivity contribution < 1.29 is 0 Å². The Morgan fingerprint density at radius 1 is 0.826 bits per heavy atom. The molecule has 1 aromatic heterocycles. The highest BCUT2D eigenvalue weighted by Gasteiger charge is 2.35. The van der Waals surface area contributed by atoms with Crippen LogP contribution in [0.4, 0.5) is 0 Å². The lowest BCUT2D eigenvalue weighted by Gasteiger charge is -2.27. The number of pyridine rings is 1. The van der Waals surface area contributed by atoms with E-state index in [2.05, 4.69) is 11.1 Å². The van der Waals surface area contributed by atoms with Crippen molar-refractivity contribution >= 4 is 0 Å². The monoisotopic (exact) mass is 298 g/mol. The summed E-state index contributed by atoms with van der Waals surface area (Å²) in [7, 11) is 0. The maximum absolute atomic E-state index is 10.1. The van der Waals surface area contributed by atoms with Gasteiger partial charge in [-0.05, 0) is 30.2 Å². The molecule has 2 nitrogen and oxygen atoms in total. The minimum absolute atomic E-state index is 0.555. The largest absolute Gasteiger partial charge is 0.258 e. The molecular weight excluding hydrogens is 280 g/mol. The van der Waals surface area contributed by atoms with Crippen LogP contribution in [0, 0.1) is 18.3 Å². The molecule has 0 saturated heterocycles. The molecule has 0 amide bonds. The number of nitriles is 1. The Labute approximate surface area is 137 Å². The molecule has 2 aromatic carbocycles. The number of benzene rings is 2. The number of hydrogen-bond donors (Lipinski definition) is 0. The first kappa shape index (κ1) is 15.0. The lowest BCUT2D eigenvalue weighted by Crippen LogP contribution is -2.29. The highest BCUT2D eigenvalue weighted by atomic mass is 14.7. The third kappa shape index (κ3) is 3.00. The van der Waals surface area contributed by atoms with Crippen molar-refractivity contribution in [2.24, 2.45) is 0 Å². The van der Waals surface area contributed by atoms with Gasteiger partial charge in [0.15, 0.2) is 0 Å². The standard InChI is InChI=1S/C21H18N2/c1-17-9-8-14-20(23-17)15-21(16-22,18-10-4-2-5-11-18)19-12-6-3-7-13-19/h2-14H,15H2,1H3. The van der Waals surface area contributed by atoms with E-state index < -0.39 is 5.41 Å². The number of hydrogen-bond acceptors (Lipinski definition) is 2. The van der Waals surface area contributed by atoms with Crippen LogP contribution in [0.5, 0.6) is 0 Å². The second-order valence-corrected chi connectivity index (χ2v) is 5.70. The zero-order valence-electron chi connectivity index (χ0n) is 13.1. The summed E-state index contributed by atoms with van der Waals surface area (Å²) in [5, 5.41) is 10.1. The maximum atomic E-state index is 10.1. The molecule has 0 fully saturated rings. The topological polar surface area (TPSA) is 36.7 Å². The van der Waals surface area contributed by atoms with Gasteiger partial charge < -0.3 is 0 Å². The van der Waals surface area contributed by atoms with Crippen LogP contribution in [-0.4, -0.2) is 4.98 Å². The SMILES string of the molecule is Cc1cccc(CC(C#N)(c2ccccc2)c2ccccc2)n1. The second kappa shape index (κ2) is 6.46. The van der Waals surface area contributed by atoms with E-state index in [0.717, 1.165) is 22.5 Å². The molecule has 1 heterocycles. The average molecular weight is 298 g/mol. The van der Waals surface area contributed by atoms with Gasteiger partial charge in [-0.3, -0.25) is 4.98 Å². The normalized spacial score (nSPS) is 11.0. The quantitative estimate of drug-likeness (QED) is 0.714. The third-order valence-corrected chi connectivity index (χ3v) is 4.12. The van der Waals surface area contributed by atoms with Gasteiger partial charge >= 0.3 is 0 Å². The van der Waals surface area contributed by atoms with Gasteiger partial charge in [0.1, 0.15) is 5.41 Å². The first-order valence-electron chi connectivity index (χ1n) is 7.69. The number of nitrogens with zero attached hydrogens (tertiary/aromatic N) is 2. The fraction of sp³-hybridized carbons (Fsp3) is 0.143. The van der Waals surface area contributed by atoms with E-state index in [9.17, 15) is 5.26 Å². The van der Waals surface area contributed by atoms with Crippen LogP contribution in [0.1, 0.15) is 22.5 Å². The van der Waals surface area contributed by atoms with Crippen LogP contribution in [0.2, 0.25) is 0 Å². The van der Waals surface area contributed by atoms with Crippen LogP contribution in [0.3, 0.4) is 0 Å². The van der Waals surface area contributed by atoms with Crippen LogP contribution < -0.4 is 0 Å². The van der Waals surface area contributed by atoms with Crippen LogP contribution >= 0.6 is 0 Å². The molecule has 0 aliphatic rings. The lowest BCUT2D eigenvalue weighted by atomic mass is 9.72. The molecule has 0 radical (unpaired) electrons. The molecule has 0 saturated carbocycles. The molecule has 0 aliphatic heterocycles. The Balaban J connectivity index is 2.16. The van der Waals surface area contributed by atoms with E-state index in [1.165, 1.54) is 0 Å². The Morgan fingerprint density at radius 2 is 1.39 bits per heavy atom. The van der Waals surface area contributed by atoms with Crippen LogP contribution in [0.25, 0.3) is 0 Å². The zero-order valence-corrected chi connectivity index (χ0v) is 13.1. The molecule has 3 rings (SSSR count).